The second-order valence-corrected chi connectivity index (χ2v) is 4.55. The molecular formula is C12H32N6. The number of rotatable bonds is 13. The minimum absolute atomic E-state index is 0.699. The zero-order valence-corrected chi connectivity index (χ0v) is 11.7. The highest BCUT2D eigenvalue weighted by atomic mass is 15.2. The molecule has 6 heteroatoms. The topological polar surface area (TPSA) is 111 Å². The molecule has 0 spiro atoms. The standard InChI is InChI=1S/C12H32N6/c13-3-1-7-17(9-5-15)11-12-18(10-6-16)8-2-4-14/h1-16H2. The van der Waals surface area contributed by atoms with E-state index < -0.39 is 0 Å². The number of hydrogen-bond donors (Lipinski definition) is 4. The Bertz CT molecular complexity index is 149. The second-order valence-electron chi connectivity index (χ2n) is 4.55. The fourth-order valence-electron chi connectivity index (χ4n) is 1.95. The van der Waals surface area contributed by atoms with Gasteiger partial charge in [0.25, 0.3) is 0 Å². The predicted octanol–water partition coefficient (Wildman–Crippen LogP) is -1.79. The summed E-state index contributed by atoms with van der Waals surface area (Å²) in [4.78, 5) is 4.75. The minimum Gasteiger partial charge on any atom is -0.330 e. The van der Waals surface area contributed by atoms with E-state index in [1.54, 1.807) is 0 Å². The molecule has 0 bridgehead atoms. The van der Waals surface area contributed by atoms with Crippen LogP contribution in [0.2, 0.25) is 0 Å². The van der Waals surface area contributed by atoms with Crippen LogP contribution in [0.4, 0.5) is 0 Å². The summed E-state index contributed by atoms with van der Waals surface area (Å²) in [6, 6.07) is 0. The molecule has 18 heavy (non-hydrogen) atoms. The molecule has 110 valence electrons. The van der Waals surface area contributed by atoms with Crippen molar-refractivity contribution in [3.05, 3.63) is 0 Å². The largest absolute Gasteiger partial charge is 0.330 e. The molecule has 0 aliphatic heterocycles. The van der Waals surface area contributed by atoms with Gasteiger partial charge in [-0.1, -0.05) is 0 Å². The highest BCUT2D eigenvalue weighted by molar-refractivity contribution is 4.65. The van der Waals surface area contributed by atoms with E-state index in [2.05, 4.69) is 9.80 Å². The monoisotopic (exact) mass is 260 g/mol. The zero-order valence-electron chi connectivity index (χ0n) is 11.7. The maximum absolute atomic E-state index is 5.62. The zero-order chi connectivity index (χ0) is 13.6. The lowest BCUT2D eigenvalue weighted by Gasteiger charge is -2.27. The Morgan fingerprint density at radius 1 is 0.444 bits per heavy atom. The summed E-state index contributed by atoms with van der Waals surface area (Å²) in [5, 5.41) is 0. The van der Waals surface area contributed by atoms with Crippen LogP contribution in [0.25, 0.3) is 0 Å². The molecule has 0 aliphatic rings. The third-order valence-corrected chi connectivity index (χ3v) is 2.98. The van der Waals surface area contributed by atoms with Gasteiger partial charge in [-0.25, -0.2) is 0 Å². The third kappa shape index (κ3) is 9.76. The highest BCUT2D eigenvalue weighted by Crippen LogP contribution is 1.95. The molecular weight excluding hydrogens is 228 g/mol. The van der Waals surface area contributed by atoms with Gasteiger partial charge < -0.3 is 32.7 Å². The fraction of sp³-hybridized carbons (Fsp3) is 1.00. The molecule has 0 heterocycles. The fourth-order valence-corrected chi connectivity index (χ4v) is 1.95. The van der Waals surface area contributed by atoms with Crippen molar-refractivity contribution in [1.29, 1.82) is 0 Å². The van der Waals surface area contributed by atoms with Gasteiger partial charge >= 0.3 is 0 Å². The van der Waals surface area contributed by atoms with Crippen LogP contribution < -0.4 is 22.9 Å². The van der Waals surface area contributed by atoms with Gasteiger partial charge in [0.2, 0.25) is 0 Å². The first-order valence-corrected chi connectivity index (χ1v) is 7.03. The molecule has 0 saturated heterocycles. The molecule has 0 radical (unpaired) electrons. The van der Waals surface area contributed by atoms with E-state index in [4.69, 9.17) is 22.9 Å². The van der Waals surface area contributed by atoms with Crippen molar-refractivity contribution in [3.8, 4) is 0 Å². The van der Waals surface area contributed by atoms with Gasteiger partial charge in [-0.15, -0.1) is 0 Å². The van der Waals surface area contributed by atoms with Crippen LogP contribution >= 0.6 is 0 Å². The number of nitrogens with two attached hydrogens (primary N) is 4. The van der Waals surface area contributed by atoms with Crippen molar-refractivity contribution in [2.45, 2.75) is 12.8 Å². The van der Waals surface area contributed by atoms with Gasteiger partial charge in [-0.05, 0) is 39.0 Å². The predicted molar refractivity (Wildman–Crippen MR) is 78.3 cm³/mol. The second kappa shape index (κ2) is 13.2. The molecule has 0 aromatic heterocycles. The molecule has 8 N–H and O–H groups in total. The van der Waals surface area contributed by atoms with Gasteiger partial charge in [0, 0.05) is 39.3 Å². The van der Waals surface area contributed by atoms with Crippen molar-refractivity contribution in [3.63, 3.8) is 0 Å². The van der Waals surface area contributed by atoms with Gasteiger partial charge in [0.05, 0.1) is 0 Å². The van der Waals surface area contributed by atoms with E-state index in [0.717, 1.165) is 65.2 Å². The van der Waals surface area contributed by atoms with Crippen molar-refractivity contribution >= 4 is 0 Å². The molecule has 0 aromatic carbocycles. The van der Waals surface area contributed by atoms with Crippen molar-refractivity contribution < 1.29 is 0 Å². The van der Waals surface area contributed by atoms with E-state index in [1.807, 2.05) is 0 Å². The molecule has 0 rings (SSSR count). The summed E-state index contributed by atoms with van der Waals surface area (Å²) in [6.07, 6.45) is 2.05. The van der Waals surface area contributed by atoms with E-state index in [1.165, 1.54) is 0 Å². The molecule has 0 amide bonds. The minimum atomic E-state index is 0.699. The lowest BCUT2D eigenvalue weighted by Crippen LogP contribution is -2.40. The average Bonchev–Trinajstić information content (AvgIpc) is 2.38. The lowest BCUT2D eigenvalue weighted by molar-refractivity contribution is 0.207. The van der Waals surface area contributed by atoms with E-state index in [-0.39, 0.29) is 0 Å². The summed E-state index contributed by atoms with van der Waals surface area (Å²) >= 11 is 0. The summed E-state index contributed by atoms with van der Waals surface area (Å²) in [5.41, 5.74) is 22.3. The first-order chi connectivity index (χ1) is 8.78. The van der Waals surface area contributed by atoms with Crippen LogP contribution in [-0.2, 0) is 0 Å². The average molecular weight is 260 g/mol. The normalized spacial score (nSPS) is 11.7. The van der Waals surface area contributed by atoms with Crippen LogP contribution in [0.1, 0.15) is 12.8 Å². The van der Waals surface area contributed by atoms with Gasteiger partial charge in [-0.2, -0.15) is 0 Å². The Morgan fingerprint density at radius 3 is 1.11 bits per heavy atom. The van der Waals surface area contributed by atoms with Crippen LogP contribution in [0.3, 0.4) is 0 Å². The van der Waals surface area contributed by atoms with Gasteiger partial charge in [0.1, 0.15) is 0 Å². The SMILES string of the molecule is NCCCN(CCN)CCN(CCN)CCCN. The van der Waals surface area contributed by atoms with Gasteiger partial charge in [-0.3, -0.25) is 0 Å². The van der Waals surface area contributed by atoms with Crippen LogP contribution in [-0.4, -0.2) is 75.2 Å². The maximum atomic E-state index is 5.62. The molecule has 0 fully saturated rings. The number of nitrogens with zero attached hydrogens (tertiary/aromatic N) is 2. The molecule has 6 nitrogen and oxygen atoms in total. The quantitative estimate of drug-likeness (QED) is 0.311. The smallest absolute Gasteiger partial charge is 0.0110 e. The summed E-state index contributed by atoms with van der Waals surface area (Å²) < 4.78 is 0. The van der Waals surface area contributed by atoms with Crippen molar-refractivity contribution in [1.82, 2.24) is 9.80 Å². The van der Waals surface area contributed by atoms with Gasteiger partial charge in [0.15, 0.2) is 0 Å². The molecule has 0 aromatic rings. The van der Waals surface area contributed by atoms with Crippen LogP contribution in [0, 0.1) is 0 Å². The Balaban J connectivity index is 3.92. The first-order valence-electron chi connectivity index (χ1n) is 7.03. The Morgan fingerprint density at radius 2 is 0.833 bits per heavy atom. The van der Waals surface area contributed by atoms with Crippen molar-refractivity contribution in [2.75, 3.05) is 65.4 Å². The first kappa shape index (κ1) is 17.8. The number of hydrogen-bond acceptors (Lipinski definition) is 6. The van der Waals surface area contributed by atoms with E-state index >= 15 is 0 Å². The third-order valence-electron chi connectivity index (χ3n) is 2.98. The molecule has 0 saturated carbocycles. The van der Waals surface area contributed by atoms with Crippen LogP contribution in [0.15, 0.2) is 0 Å². The van der Waals surface area contributed by atoms with E-state index in [0.29, 0.717) is 13.1 Å². The molecule has 0 atom stereocenters. The van der Waals surface area contributed by atoms with Crippen molar-refractivity contribution in [2.24, 2.45) is 22.9 Å². The van der Waals surface area contributed by atoms with E-state index in [9.17, 15) is 0 Å². The highest BCUT2D eigenvalue weighted by Gasteiger charge is 2.07. The summed E-state index contributed by atoms with van der Waals surface area (Å²) in [6.45, 7) is 8.86. The summed E-state index contributed by atoms with van der Waals surface area (Å²) in [7, 11) is 0. The summed E-state index contributed by atoms with van der Waals surface area (Å²) in [5.74, 6) is 0. The lowest BCUT2D eigenvalue weighted by atomic mass is 10.3. The Hall–Kier alpha value is -0.240. The molecule has 0 unspecified atom stereocenters. The molecule has 0 aliphatic carbocycles. The Labute approximate surface area is 112 Å². The maximum Gasteiger partial charge on any atom is 0.0110 e. The van der Waals surface area contributed by atoms with Crippen LogP contribution in [0.5, 0.6) is 0 Å². The Kier molecular flexibility index (Phi) is 13.0.